The van der Waals surface area contributed by atoms with Gasteiger partial charge in [0.05, 0.1) is 6.42 Å². The molecule has 0 saturated heterocycles. The van der Waals surface area contributed by atoms with E-state index in [1.54, 1.807) is 0 Å². The average Bonchev–Trinajstić information content (AvgIpc) is 2.53. The summed E-state index contributed by atoms with van der Waals surface area (Å²) in [6.07, 6.45) is 0.0406. The van der Waals surface area contributed by atoms with Gasteiger partial charge in [0.1, 0.15) is 0 Å². The quantitative estimate of drug-likeness (QED) is 0.184. The molecule has 0 aromatic rings. The lowest BCUT2D eigenvalue weighted by molar-refractivity contribution is -0.136. The highest BCUT2D eigenvalue weighted by Gasteiger charge is 2.21. The molecular weight excluding hydrogens is 350 g/mol. The topological polar surface area (TPSA) is 92.7 Å². The number of hydrogen-bond acceptors (Lipinski definition) is 7. The Bertz CT molecular complexity index is 459. The van der Waals surface area contributed by atoms with Crippen molar-refractivity contribution in [1.82, 2.24) is 5.32 Å². The van der Waals surface area contributed by atoms with E-state index in [0.29, 0.717) is 35.8 Å². The van der Waals surface area contributed by atoms with Crippen LogP contribution in [0, 0.1) is 0 Å². The van der Waals surface area contributed by atoms with Gasteiger partial charge >= 0.3 is 5.97 Å². The van der Waals surface area contributed by atoms with Gasteiger partial charge in [0.2, 0.25) is 0 Å². The summed E-state index contributed by atoms with van der Waals surface area (Å²) in [4.78, 5) is 34.5. The minimum atomic E-state index is -0.820. The number of thioether (sulfide) groups is 1. The number of ketones is 2. The van der Waals surface area contributed by atoms with E-state index in [-0.39, 0.29) is 24.4 Å². The summed E-state index contributed by atoms with van der Waals surface area (Å²) in [7, 11) is 1.43. The second kappa shape index (κ2) is 13.5. The van der Waals surface area contributed by atoms with Crippen LogP contribution in [0.5, 0.6) is 0 Å². The molecule has 0 aromatic carbocycles. The Kier molecular flexibility index (Phi) is 13.0. The fourth-order valence-corrected chi connectivity index (χ4v) is 3.24. The fourth-order valence-electron chi connectivity index (χ4n) is 2.04. The second-order valence-corrected chi connectivity index (χ2v) is 6.66. The summed E-state index contributed by atoms with van der Waals surface area (Å²) < 4.78 is 5.17. The number of aliphatic carboxylic acids is 1. The molecule has 6 nitrogen and oxygen atoms in total. The third kappa shape index (κ3) is 9.46. The van der Waals surface area contributed by atoms with Gasteiger partial charge in [-0.25, -0.2) is 0 Å². The Hall–Kier alpha value is -0.830. The van der Waals surface area contributed by atoms with E-state index < -0.39 is 12.2 Å². The van der Waals surface area contributed by atoms with E-state index in [1.165, 1.54) is 25.8 Å². The predicted octanol–water partition coefficient (Wildman–Crippen LogP) is 1.94. The van der Waals surface area contributed by atoms with E-state index in [9.17, 15) is 14.4 Å². The molecule has 0 fully saturated rings. The Balaban J connectivity index is 4.50. The van der Waals surface area contributed by atoms with Crippen molar-refractivity contribution in [2.45, 2.75) is 39.3 Å². The number of rotatable bonds is 14. The number of nitrogens with one attached hydrogen (secondary N) is 1. The van der Waals surface area contributed by atoms with Crippen LogP contribution in [0.1, 0.15) is 33.1 Å². The molecule has 0 bridgehead atoms. The number of carboxylic acids is 1. The van der Waals surface area contributed by atoms with Gasteiger partial charge in [-0.05, 0) is 13.3 Å². The number of Topliss-reactive ketones (excluding diaryl/α,β-unsaturated/α-hetero) is 2. The van der Waals surface area contributed by atoms with Crippen molar-refractivity contribution < 1.29 is 24.2 Å². The minimum Gasteiger partial charge on any atom is -0.481 e. The molecule has 0 rings (SSSR count). The molecule has 2 N–H and O–H groups in total. The van der Waals surface area contributed by atoms with E-state index >= 15 is 0 Å². The van der Waals surface area contributed by atoms with Crippen LogP contribution in [-0.4, -0.2) is 59.8 Å². The van der Waals surface area contributed by atoms with Gasteiger partial charge in [0.25, 0.3) is 0 Å². The number of methoxy groups -OCH3 is 1. The van der Waals surface area contributed by atoms with Crippen LogP contribution in [0.15, 0.2) is 11.1 Å². The van der Waals surface area contributed by atoms with Gasteiger partial charge in [0, 0.05) is 42.9 Å². The van der Waals surface area contributed by atoms with E-state index in [2.05, 4.69) is 17.9 Å². The molecule has 8 heteroatoms. The maximum atomic E-state index is 12.4. The summed E-state index contributed by atoms with van der Waals surface area (Å²) in [6.45, 7) is 3.90. The molecule has 0 radical (unpaired) electrons. The standard InChI is InChI=1S/C16H27NO5S2/c1-4-12(10-23)13(11(2)18)9-14(19)16(22-3)17-6-8-24-7-5-15(20)21/h16-17,23H,4-10H2,1-3H3,(H,20,21)/b13-12-/t16-/m1/s1. The number of carboxylic acid groups (broad SMARTS) is 1. The van der Waals surface area contributed by atoms with Crippen LogP contribution >= 0.6 is 24.4 Å². The van der Waals surface area contributed by atoms with Crippen molar-refractivity contribution >= 4 is 41.9 Å². The lowest BCUT2D eigenvalue weighted by atomic mass is 9.98. The van der Waals surface area contributed by atoms with Crippen molar-refractivity contribution in [3.8, 4) is 0 Å². The van der Waals surface area contributed by atoms with Crippen LogP contribution < -0.4 is 5.32 Å². The van der Waals surface area contributed by atoms with Gasteiger partial charge in [-0.15, -0.1) is 0 Å². The monoisotopic (exact) mass is 377 g/mol. The van der Waals surface area contributed by atoms with E-state index in [4.69, 9.17) is 9.84 Å². The molecule has 0 aliphatic heterocycles. The van der Waals surface area contributed by atoms with Crippen LogP contribution in [0.4, 0.5) is 0 Å². The Morgan fingerprint density at radius 2 is 1.96 bits per heavy atom. The van der Waals surface area contributed by atoms with Crippen molar-refractivity contribution in [2.24, 2.45) is 0 Å². The normalized spacial score (nSPS) is 13.3. The second-order valence-electron chi connectivity index (χ2n) is 5.12. The van der Waals surface area contributed by atoms with Gasteiger partial charge in [-0.3, -0.25) is 19.7 Å². The van der Waals surface area contributed by atoms with E-state index in [1.807, 2.05) is 6.92 Å². The molecule has 0 aromatic heterocycles. The van der Waals surface area contributed by atoms with Crippen LogP contribution in [0.2, 0.25) is 0 Å². The molecule has 1 atom stereocenters. The van der Waals surface area contributed by atoms with E-state index in [0.717, 1.165) is 5.57 Å². The van der Waals surface area contributed by atoms with Crippen molar-refractivity contribution in [3.05, 3.63) is 11.1 Å². The molecular formula is C16H27NO5S2. The zero-order chi connectivity index (χ0) is 18.5. The molecule has 24 heavy (non-hydrogen) atoms. The number of thiol groups is 1. The number of carbonyl (C=O) groups excluding carboxylic acids is 2. The first-order valence-corrected chi connectivity index (χ1v) is 9.57. The maximum absolute atomic E-state index is 12.4. The van der Waals surface area contributed by atoms with Crippen LogP contribution in [0.3, 0.4) is 0 Å². The Morgan fingerprint density at radius 3 is 2.42 bits per heavy atom. The lowest BCUT2D eigenvalue weighted by Gasteiger charge is -2.17. The third-order valence-electron chi connectivity index (χ3n) is 3.38. The van der Waals surface area contributed by atoms with Crippen LogP contribution in [0.25, 0.3) is 0 Å². The van der Waals surface area contributed by atoms with Gasteiger partial charge in [0.15, 0.2) is 17.8 Å². The molecule has 0 saturated carbocycles. The molecule has 0 unspecified atom stereocenters. The molecule has 0 amide bonds. The van der Waals surface area contributed by atoms with Gasteiger partial charge < -0.3 is 9.84 Å². The fraction of sp³-hybridized carbons (Fsp3) is 0.688. The predicted molar refractivity (Wildman–Crippen MR) is 99.9 cm³/mol. The lowest BCUT2D eigenvalue weighted by Crippen LogP contribution is -2.40. The molecule has 0 aliphatic carbocycles. The van der Waals surface area contributed by atoms with Crippen molar-refractivity contribution in [3.63, 3.8) is 0 Å². The Morgan fingerprint density at radius 1 is 1.29 bits per heavy atom. The SMILES string of the molecule is CC/C(CS)=C(\CC(=O)[C@H](NCCSCCC(=O)O)OC)C(C)=O. The first kappa shape index (κ1) is 23.2. The molecule has 0 heterocycles. The average molecular weight is 378 g/mol. The minimum absolute atomic E-state index is 0.0245. The largest absolute Gasteiger partial charge is 0.481 e. The first-order chi connectivity index (χ1) is 11.4. The van der Waals surface area contributed by atoms with Gasteiger partial charge in [-0.2, -0.15) is 24.4 Å². The van der Waals surface area contributed by atoms with Crippen molar-refractivity contribution in [2.75, 3.05) is 30.9 Å². The molecule has 138 valence electrons. The van der Waals surface area contributed by atoms with Gasteiger partial charge in [-0.1, -0.05) is 12.5 Å². The zero-order valence-electron chi connectivity index (χ0n) is 14.5. The summed E-state index contributed by atoms with van der Waals surface area (Å²) in [5.41, 5.74) is 1.38. The summed E-state index contributed by atoms with van der Waals surface area (Å²) >= 11 is 5.71. The molecule has 0 spiro atoms. The van der Waals surface area contributed by atoms with Crippen LogP contribution in [-0.2, 0) is 19.1 Å². The zero-order valence-corrected chi connectivity index (χ0v) is 16.2. The number of ether oxygens (including phenoxy) is 1. The maximum Gasteiger partial charge on any atom is 0.304 e. The third-order valence-corrected chi connectivity index (χ3v) is 4.75. The summed E-state index contributed by atoms with van der Waals surface area (Å²) in [5.74, 6) is 0.511. The van der Waals surface area contributed by atoms with Crippen molar-refractivity contribution in [1.29, 1.82) is 0 Å². The highest BCUT2D eigenvalue weighted by Crippen LogP contribution is 2.16. The smallest absolute Gasteiger partial charge is 0.304 e. The number of carbonyl (C=O) groups is 3. The Labute approximate surface area is 153 Å². The number of hydrogen-bond donors (Lipinski definition) is 3. The number of allylic oxidation sites excluding steroid dienone is 1. The summed E-state index contributed by atoms with van der Waals surface area (Å²) in [5, 5.41) is 11.5. The summed E-state index contributed by atoms with van der Waals surface area (Å²) in [6, 6.07) is 0. The molecule has 0 aliphatic rings. The highest BCUT2D eigenvalue weighted by atomic mass is 32.2. The highest BCUT2D eigenvalue weighted by molar-refractivity contribution is 7.99. The first-order valence-electron chi connectivity index (χ1n) is 7.78.